The molecule has 0 amide bonds. The molecule has 0 aliphatic carbocycles. The molecule has 10 heteroatoms. The van der Waals surface area contributed by atoms with Gasteiger partial charge in [0.1, 0.15) is 29.5 Å². The molecule has 34 heavy (non-hydrogen) atoms. The molecule has 0 aliphatic rings. The van der Waals surface area contributed by atoms with Crippen molar-refractivity contribution in [1.29, 1.82) is 0 Å². The van der Waals surface area contributed by atoms with Gasteiger partial charge in [0, 0.05) is 12.1 Å². The highest BCUT2D eigenvalue weighted by Crippen LogP contribution is 2.36. The lowest BCUT2D eigenvalue weighted by Gasteiger charge is -2.20. The molecule has 176 valence electrons. The maximum Gasteiger partial charge on any atom is 0.308 e. The number of hydrogen-bond donors (Lipinski definition) is 1. The highest BCUT2D eigenvalue weighted by molar-refractivity contribution is 8.00. The number of halogens is 4. The van der Waals surface area contributed by atoms with E-state index in [1.165, 1.54) is 24.6 Å². The molecule has 0 saturated carbocycles. The smallest absolute Gasteiger partial charge is 0.308 e. The maximum atomic E-state index is 15.0. The lowest BCUT2D eigenvalue weighted by Crippen LogP contribution is -2.14. The summed E-state index contributed by atoms with van der Waals surface area (Å²) in [5.74, 6) is -0.968. The zero-order chi connectivity index (χ0) is 24.1. The number of nitrogens with zero attached hydrogens (tertiary/aromatic N) is 2. The summed E-state index contributed by atoms with van der Waals surface area (Å²) in [6.45, 7) is 0.306. The number of ether oxygens (including phenoxy) is 1. The lowest BCUT2D eigenvalue weighted by molar-refractivity contribution is 0.414. The number of oxazole rings is 1. The molecule has 1 N–H and O–H groups in total. The van der Waals surface area contributed by atoms with E-state index in [1.54, 1.807) is 11.4 Å². The normalized spacial score (nSPS) is 10.9. The number of hydrogen-bond acceptors (Lipinski definition) is 6. The average Bonchev–Trinajstić information content (AvgIpc) is 3.37. The van der Waals surface area contributed by atoms with E-state index in [0.717, 1.165) is 41.5 Å². The SMILES string of the molecule is COc1ccc(CN(Sc2cc(Cl)c(NCc3cc(F)ccc3F)cc2F)c2ncco2)cc1. The second kappa shape index (κ2) is 10.8. The predicted octanol–water partition coefficient (Wildman–Crippen LogP) is 7.08. The van der Waals surface area contributed by atoms with Crippen molar-refractivity contribution >= 4 is 35.3 Å². The molecule has 1 aromatic heterocycles. The Kier molecular flexibility index (Phi) is 7.54. The molecule has 0 aliphatic heterocycles. The molecule has 5 nitrogen and oxygen atoms in total. The van der Waals surface area contributed by atoms with Gasteiger partial charge in [0.05, 0.1) is 35.5 Å². The largest absolute Gasteiger partial charge is 0.497 e. The van der Waals surface area contributed by atoms with Crippen molar-refractivity contribution < 1.29 is 22.3 Å². The summed E-state index contributed by atoms with van der Waals surface area (Å²) in [5, 5.41) is 3.07. The van der Waals surface area contributed by atoms with E-state index in [9.17, 15) is 13.2 Å². The van der Waals surface area contributed by atoms with Crippen molar-refractivity contribution in [3.05, 3.63) is 101 Å². The molecule has 0 radical (unpaired) electrons. The maximum absolute atomic E-state index is 15.0. The molecule has 0 saturated heterocycles. The van der Waals surface area contributed by atoms with Crippen LogP contribution in [0.3, 0.4) is 0 Å². The molecule has 0 spiro atoms. The number of nitrogens with one attached hydrogen (secondary N) is 1. The predicted molar refractivity (Wildman–Crippen MR) is 127 cm³/mol. The Bertz CT molecular complexity index is 1260. The van der Waals surface area contributed by atoms with Gasteiger partial charge in [0.25, 0.3) is 0 Å². The zero-order valence-corrected chi connectivity index (χ0v) is 19.5. The van der Waals surface area contributed by atoms with Crippen LogP contribution in [-0.4, -0.2) is 12.1 Å². The molecule has 4 rings (SSSR count). The summed E-state index contributed by atoms with van der Waals surface area (Å²) >= 11 is 7.43. The Hall–Kier alpha value is -3.30. The summed E-state index contributed by atoms with van der Waals surface area (Å²) in [4.78, 5) is 4.41. The number of anilines is 2. The van der Waals surface area contributed by atoms with Gasteiger partial charge < -0.3 is 14.5 Å². The summed E-state index contributed by atoms with van der Waals surface area (Å²) in [5.41, 5.74) is 1.28. The Morgan fingerprint density at radius 3 is 2.56 bits per heavy atom. The van der Waals surface area contributed by atoms with Crippen LogP contribution in [0.25, 0.3) is 0 Å². The minimum absolute atomic E-state index is 0.0604. The van der Waals surface area contributed by atoms with Crippen LogP contribution in [0.4, 0.5) is 24.9 Å². The summed E-state index contributed by atoms with van der Waals surface area (Å²) < 4.78 is 54.5. The summed E-state index contributed by atoms with van der Waals surface area (Å²) in [6, 6.07) is 13.5. The van der Waals surface area contributed by atoms with Crippen molar-refractivity contribution in [2.24, 2.45) is 0 Å². The Labute approximate surface area is 203 Å². The minimum atomic E-state index is -0.571. The van der Waals surface area contributed by atoms with Crippen LogP contribution in [0.5, 0.6) is 5.75 Å². The van der Waals surface area contributed by atoms with Crippen LogP contribution in [0, 0.1) is 17.5 Å². The topological polar surface area (TPSA) is 50.5 Å². The first-order valence-corrected chi connectivity index (χ1v) is 11.2. The second-order valence-corrected chi connectivity index (χ2v) is 8.61. The van der Waals surface area contributed by atoms with Crippen LogP contribution in [0.15, 0.2) is 76.4 Å². The highest BCUT2D eigenvalue weighted by atomic mass is 35.5. The Balaban J connectivity index is 1.52. The summed E-state index contributed by atoms with van der Waals surface area (Å²) in [7, 11) is 1.59. The van der Waals surface area contributed by atoms with Gasteiger partial charge in [-0.3, -0.25) is 4.31 Å². The fourth-order valence-electron chi connectivity index (χ4n) is 3.10. The van der Waals surface area contributed by atoms with Crippen molar-refractivity contribution in [1.82, 2.24) is 4.98 Å². The molecule has 0 fully saturated rings. The molecular formula is C24H19ClF3N3O2S. The quantitative estimate of drug-likeness (QED) is 0.245. The van der Waals surface area contributed by atoms with E-state index in [-0.39, 0.29) is 27.7 Å². The van der Waals surface area contributed by atoms with E-state index >= 15 is 0 Å². The van der Waals surface area contributed by atoms with E-state index in [0.29, 0.717) is 12.6 Å². The van der Waals surface area contributed by atoms with Crippen LogP contribution in [-0.2, 0) is 13.1 Å². The van der Waals surface area contributed by atoms with Gasteiger partial charge in [-0.1, -0.05) is 23.7 Å². The van der Waals surface area contributed by atoms with Crippen LogP contribution < -0.4 is 14.4 Å². The van der Waals surface area contributed by atoms with Crippen LogP contribution in [0.1, 0.15) is 11.1 Å². The molecule has 0 atom stereocenters. The van der Waals surface area contributed by atoms with Gasteiger partial charge in [-0.25, -0.2) is 18.2 Å². The third-order valence-corrected chi connectivity index (χ3v) is 6.15. The number of rotatable bonds is 9. The van der Waals surface area contributed by atoms with Crippen molar-refractivity contribution in [3.8, 4) is 5.75 Å². The fourth-order valence-corrected chi connectivity index (χ4v) is 4.33. The highest BCUT2D eigenvalue weighted by Gasteiger charge is 2.18. The number of benzene rings is 3. The number of aromatic nitrogens is 1. The van der Waals surface area contributed by atoms with Crippen molar-refractivity contribution in [2.75, 3.05) is 16.7 Å². The Morgan fingerprint density at radius 2 is 1.85 bits per heavy atom. The first kappa shape index (κ1) is 23.8. The van der Waals surface area contributed by atoms with Crippen LogP contribution >= 0.6 is 23.5 Å². The molecular weight excluding hydrogens is 487 g/mol. The molecule has 0 unspecified atom stereocenters. The van der Waals surface area contributed by atoms with Gasteiger partial charge >= 0.3 is 6.01 Å². The third-order valence-electron chi connectivity index (χ3n) is 4.83. The molecule has 1 heterocycles. The van der Waals surface area contributed by atoms with E-state index in [4.69, 9.17) is 20.8 Å². The Morgan fingerprint density at radius 1 is 1.06 bits per heavy atom. The van der Waals surface area contributed by atoms with Gasteiger partial charge in [-0.05, 0) is 60.0 Å². The fraction of sp³-hybridized carbons (Fsp3) is 0.125. The van der Waals surface area contributed by atoms with Crippen molar-refractivity contribution in [2.45, 2.75) is 18.0 Å². The van der Waals surface area contributed by atoms with Crippen LogP contribution in [0.2, 0.25) is 5.02 Å². The standard InChI is InChI=1S/C24H19ClF3N3O2S/c1-32-18-5-2-15(3-6-18)14-31(24-29-8-9-33-24)34-23-11-19(25)22(12-21(23)28)30-13-16-10-17(26)4-7-20(16)27/h2-12,30H,13-14H2,1H3. The van der Waals surface area contributed by atoms with E-state index in [2.05, 4.69) is 10.3 Å². The van der Waals surface area contributed by atoms with Gasteiger partial charge in [-0.2, -0.15) is 0 Å². The first-order chi connectivity index (χ1) is 16.4. The first-order valence-electron chi connectivity index (χ1n) is 10.1. The number of methoxy groups -OCH3 is 1. The zero-order valence-electron chi connectivity index (χ0n) is 17.9. The second-order valence-electron chi connectivity index (χ2n) is 7.14. The van der Waals surface area contributed by atoms with E-state index in [1.807, 2.05) is 24.3 Å². The van der Waals surface area contributed by atoms with Gasteiger partial charge in [0.15, 0.2) is 0 Å². The molecule has 0 bridgehead atoms. The lowest BCUT2D eigenvalue weighted by atomic mass is 10.2. The monoisotopic (exact) mass is 505 g/mol. The van der Waals surface area contributed by atoms with Gasteiger partial charge in [-0.15, -0.1) is 0 Å². The molecule has 4 aromatic rings. The van der Waals surface area contributed by atoms with E-state index < -0.39 is 17.5 Å². The minimum Gasteiger partial charge on any atom is -0.497 e. The summed E-state index contributed by atoms with van der Waals surface area (Å²) in [6.07, 6.45) is 2.93. The van der Waals surface area contributed by atoms with Crippen molar-refractivity contribution in [3.63, 3.8) is 0 Å². The van der Waals surface area contributed by atoms with Gasteiger partial charge in [0.2, 0.25) is 0 Å². The average molecular weight is 506 g/mol. The third kappa shape index (κ3) is 5.78. The molecule has 3 aromatic carbocycles.